The molecule has 1 aromatic carbocycles. The van der Waals surface area contributed by atoms with Gasteiger partial charge in [-0.3, -0.25) is 0 Å². The van der Waals surface area contributed by atoms with Gasteiger partial charge in [0.15, 0.2) is 0 Å². The Balaban J connectivity index is 2.13. The minimum Gasteiger partial charge on any atom is -0.497 e. The molecule has 2 unspecified atom stereocenters. The zero-order valence-corrected chi connectivity index (χ0v) is 13.6. The first kappa shape index (κ1) is 14.7. The van der Waals surface area contributed by atoms with Crippen molar-refractivity contribution in [2.45, 2.75) is 50.9 Å². The number of halogens is 1. The van der Waals surface area contributed by atoms with Crippen molar-refractivity contribution in [3.8, 4) is 5.75 Å². The Bertz CT molecular complexity index is 623. The predicted molar refractivity (Wildman–Crippen MR) is 87.1 cm³/mol. The van der Waals surface area contributed by atoms with E-state index in [0.29, 0.717) is 11.9 Å². The summed E-state index contributed by atoms with van der Waals surface area (Å²) >= 11 is 6.17. The summed E-state index contributed by atoms with van der Waals surface area (Å²) in [6.07, 6.45) is 6.40. The molecule has 21 heavy (non-hydrogen) atoms. The molecule has 0 aliphatic heterocycles. The predicted octanol–water partition coefficient (Wildman–Crippen LogP) is 4.93. The zero-order chi connectivity index (χ0) is 14.8. The summed E-state index contributed by atoms with van der Waals surface area (Å²) in [5.74, 6) is 3.06. The van der Waals surface area contributed by atoms with E-state index in [9.17, 15) is 0 Å². The molecule has 0 radical (unpaired) electrons. The molecule has 2 atom stereocenters. The number of alkyl halides is 1. The van der Waals surface area contributed by atoms with Crippen molar-refractivity contribution in [1.29, 1.82) is 0 Å². The summed E-state index contributed by atoms with van der Waals surface area (Å²) < 4.78 is 7.77. The maximum absolute atomic E-state index is 6.17. The lowest BCUT2D eigenvalue weighted by Crippen LogP contribution is -2.24. The fourth-order valence-electron chi connectivity index (χ4n) is 3.72. The van der Waals surface area contributed by atoms with Crippen LogP contribution in [-0.4, -0.2) is 16.7 Å². The third-order valence-electron chi connectivity index (χ3n) is 4.81. The number of hydrogen-bond acceptors (Lipinski definition) is 2. The van der Waals surface area contributed by atoms with Gasteiger partial charge < -0.3 is 9.30 Å². The monoisotopic (exact) mass is 306 g/mol. The number of nitrogens with zero attached hydrogens (tertiary/aromatic N) is 2. The standard InChI is InChI=1S/C17H23ClN2O/c1-3-12-6-4-5-7-15(12)20-16-10-13(21-2)8-9-14(16)19-17(20)11-18/h8-10,12,15H,3-7,11H2,1-2H3. The van der Waals surface area contributed by atoms with Crippen molar-refractivity contribution in [2.24, 2.45) is 5.92 Å². The van der Waals surface area contributed by atoms with Gasteiger partial charge in [0, 0.05) is 12.1 Å². The molecule has 1 fully saturated rings. The summed E-state index contributed by atoms with van der Waals surface area (Å²) in [6, 6.07) is 6.62. The van der Waals surface area contributed by atoms with E-state index in [2.05, 4.69) is 17.6 Å². The number of hydrogen-bond donors (Lipinski definition) is 0. The van der Waals surface area contributed by atoms with Gasteiger partial charge in [-0.2, -0.15) is 0 Å². The fourth-order valence-corrected chi connectivity index (χ4v) is 3.91. The number of benzene rings is 1. The molecule has 0 bridgehead atoms. The van der Waals surface area contributed by atoms with Crippen LogP contribution in [0.3, 0.4) is 0 Å². The Morgan fingerprint density at radius 2 is 2.14 bits per heavy atom. The molecular formula is C17H23ClN2O. The highest BCUT2D eigenvalue weighted by molar-refractivity contribution is 6.16. The molecule has 1 aliphatic carbocycles. The van der Waals surface area contributed by atoms with Crippen molar-refractivity contribution in [3.05, 3.63) is 24.0 Å². The maximum atomic E-state index is 6.17. The summed E-state index contributed by atoms with van der Waals surface area (Å²) in [5.41, 5.74) is 2.18. The lowest BCUT2D eigenvalue weighted by molar-refractivity contribution is 0.234. The minimum atomic E-state index is 0.462. The van der Waals surface area contributed by atoms with Crippen molar-refractivity contribution in [2.75, 3.05) is 7.11 Å². The molecule has 1 saturated carbocycles. The van der Waals surface area contributed by atoms with Crippen molar-refractivity contribution in [1.82, 2.24) is 9.55 Å². The highest BCUT2D eigenvalue weighted by Gasteiger charge is 2.28. The number of rotatable bonds is 4. The van der Waals surface area contributed by atoms with Crippen LogP contribution in [0, 0.1) is 5.92 Å². The second-order valence-electron chi connectivity index (χ2n) is 5.91. The van der Waals surface area contributed by atoms with Gasteiger partial charge >= 0.3 is 0 Å². The normalized spacial score (nSPS) is 22.6. The third-order valence-corrected chi connectivity index (χ3v) is 5.05. The van der Waals surface area contributed by atoms with Crippen LogP contribution < -0.4 is 4.74 Å². The van der Waals surface area contributed by atoms with Crippen LogP contribution in [0.5, 0.6) is 5.75 Å². The second kappa shape index (κ2) is 6.27. The molecule has 0 saturated heterocycles. The van der Waals surface area contributed by atoms with Gasteiger partial charge in [0.1, 0.15) is 11.6 Å². The Hall–Kier alpha value is -1.22. The van der Waals surface area contributed by atoms with Crippen LogP contribution >= 0.6 is 11.6 Å². The largest absolute Gasteiger partial charge is 0.497 e. The van der Waals surface area contributed by atoms with E-state index in [-0.39, 0.29) is 0 Å². The number of methoxy groups -OCH3 is 1. The van der Waals surface area contributed by atoms with E-state index in [1.807, 2.05) is 12.1 Å². The highest BCUT2D eigenvalue weighted by Crippen LogP contribution is 2.39. The first-order valence-electron chi connectivity index (χ1n) is 7.89. The van der Waals surface area contributed by atoms with E-state index >= 15 is 0 Å². The minimum absolute atomic E-state index is 0.462. The quantitative estimate of drug-likeness (QED) is 0.749. The lowest BCUT2D eigenvalue weighted by atomic mass is 9.82. The molecule has 0 N–H and O–H groups in total. The van der Waals surface area contributed by atoms with E-state index in [4.69, 9.17) is 21.3 Å². The van der Waals surface area contributed by atoms with Crippen molar-refractivity contribution in [3.63, 3.8) is 0 Å². The first-order valence-corrected chi connectivity index (χ1v) is 8.42. The molecule has 0 amide bonds. The Morgan fingerprint density at radius 3 is 2.86 bits per heavy atom. The molecule has 1 aliphatic rings. The maximum Gasteiger partial charge on any atom is 0.125 e. The number of ether oxygens (including phenoxy) is 1. The Kier molecular flexibility index (Phi) is 4.39. The van der Waals surface area contributed by atoms with Crippen molar-refractivity contribution < 1.29 is 4.74 Å². The van der Waals surface area contributed by atoms with E-state index in [0.717, 1.165) is 28.5 Å². The zero-order valence-electron chi connectivity index (χ0n) is 12.8. The van der Waals surface area contributed by atoms with E-state index < -0.39 is 0 Å². The van der Waals surface area contributed by atoms with Crippen LogP contribution in [0.15, 0.2) is 18.2 Å². The average molecular weight is 307 g/mol. The summed E-state index contributed by atoms with van der Waals surface area (Å²) in [6.45, 7) is 2.29. The van der Waals surface area contributed by atoms with Gasteiger partial charge in [0.2, 0.25) is 0 Å². The molecule has 3 rings (SSSR count). The average Bonchev–Trinajstić information content (AvgIpc) is 2.92. The van der Waals surface area contributed by atoms with Crippen LogP contribution in [0.4, 0.5) is 0 Å². The van der Waals surface area contributed by atoms with Crippen LogP contribution in [0.25, 0.3) is 11.0 Å². The van der Waals surface area contributed by atoms with Gasteiger partial charge in [0.05, 0.1) is 24.0 Å². The molecule has 1 aromatic heterocycles. The molecule has 3 nitrogen and oxygen atoms in total. The summed E-state index contributed by atoms with van der Waals surface area (Å²) in [4.78, 5) is 4.73. The first-order chi connectivity index (χ1) is 10.3. The molecule has 1 heterocycles. The Morgan fingerprint density at radius 1 is 1.33 bits per heavy atom. The van der Waals surface area contributed by atoms with Gasteiger partial charge in [0.25, 0.3) is 0 Å². The Labute approximate surface area is 131 Å². The van der Waals surface area contributed by atoms with Crippen LogP contribution in [0.1, 0.15) is 50.9 Å². The topological polar surface area (TPSA) is 27.1 Å². The smallest absolute Gasteiger partial charge is 0.125 e. The van der Waals surface area contributed by atoms with Gasteiger partial charge in [-0.15, -0.1) is 11.6 Å². The molecule has 114 valence electrons. The number of aromatic nitrogens is 2. The second-order valence-corrected chi connectivity index (χ2v) is 6.17. The van der Waals surface area contributed by atoms with Gasteiger partial charge in [-0.05, 0) is 30.9 Å². The van der Waals surface area contributed by atoms with Crippen LogP contribution in [0.2, 0.25) is 0 Å². The summed E-state index contributed by atoms with van der Waals surface area (Å²) in [5, 5.41) is 0. The summed E-state index contributed by atoms with van der Waals surface area (Å²) in [7, 11) is 1.71. The molecular weight excluding hydrogens is 284 g/mol. The lowest BCUT2D eigenvalue weighted by Gasteiger charge is -2.33. The molecule has 4 heteroatoms. The van der Waals surface area contributed by atoms with Crippen molar-refractivity contribution >= 4 is 22.6 Å². The van der Waals surface area contributed by atoms with Gasteiger partial charge in [-0.25, -0.2) is 4.98 Å². The molecule has 2 aromatic rings. The fraction of sp³-hybridized carbons (Fsp3) is 0.588. The molecule has 0 spiro atoms. The number of fused-ring (bicyclic) bond motifs is 1. The van der Waals surface area contributed by atoms with Gasteiger partial charge in [-0.1, -0.05) is 26.2 Å². The third kappa shape index (κ3) is 2.64. The SMILES string of the molecule is CCC1CCCCC1n1c(CCl)nc2ccc(OC)cc21. The number of imidazole rings is 1. The van der Waals surface area contributed by atoms with E-state index in [1.165, 1.54) is 32.1 Å². The van der Waals surface area contributed by atoms with E-state index in [1.54, 1.807) is 7.11 Å². The van der Waals surface area contributed by atoms with Crippen LogP contribution in [-0.2, 0) is 5.88 Å². The highest BCUT2D eigenvalue weighted by atomic mass is 35.5.